The highest BCUT2D eigenvalue weighted by atomic mass is 35.5. The maximum absolute atomic E-state index is 12.5. The van der Waals surface area contributed by atoms with Crippen molar-refractivity contribution in [2.45, 2.75) is 6.18 Å². The van der Waals surface area contributed by atoms with Crippen molar-refractivity contribution in [2.24, 2.45) is 0 Å². The van der Waals surface area contributed by atoms with E-state index in [4.69, 9.17) is 34.8 Å². The standard InChI is InChI=1S/C12H5Cl3F3NO/c13-6-2-7(10(15)8(14)3-6)11-9(20)1-5(4-19-11)12(16,17)18/h1-4,20H. The summed E-state index contributed by atoms with van der Waals surface area (Å²) >= 11 is 17.6. The summed E-state index contributed by atoms with van der Waals surface area (Å²) in [5.41, 5.74) is -1.05. The molecule has 0 atom stereocenters. The van der Waals surface area contributed by atoms with E-state index in [9.17, 15) is 18.3 Å². The zero-order valence-corrected chi connectivity index (χ0v) is 11.7. The summed E-state index contributed by atoms with van der Waals surface area (Å²) in [7, 11) is 0. The van der Waals surface area contributed by atoms with Crippen LogP contribution in [0, 0.1) is 0 Å². The summed E-state index contributed by atoms with van der Waals surface area (Å²) in [6.07, 6.45) is -4.00. The Labute approximate surface area is 126 Å². The fourth-order valence-electron chi connectivity index (χ4n) is 1.54. The molecule has 0 fully saturated rings. The molecule has 0 radical (unpaired) electrons. The molecular formula is C12H5Cl3F3NO. The Hall–Kier alpha value is -1.17. The SMILES string of the molecule is Oc1cc(C(F)(F)F)cnc1-c1cc(Cl)cc(Cl)c1Cl. The van der Waals surface area contributed by atoms with Crippen LogP contribution in [-0.2, 0) is 6.18 Å². The molecule has 0 saturated carbocycles. The normalized spacial score (nSPS) is 11.7. The third kappa shape index (κ3) is 2.95. The van der Waals surface area contributed by atoms with Gasteiger partial charge in [0, 0.05) is 16.8 Å². The van der Waals surface area contributed by atoms with E-state index in [-0.39, 0.29) is 26.3 Å². The Morgan fingerprint density at radius 1 is 1.05 bits per heavy atom. The quantitative estimate of drug-likeness (QED) is 0.701. The molecule has 0 bridgehead atoms. The second-order valence-electron chi connectivity index (χ2n) is 3.84. The van der Waals surface area contributed by atoms with E-state index in [1.165, 1.54) is 12.1 Å². The molecule has 1 aromatic heterocycles. The van der Waals surface area contributed by atoms with Gasteiger partial charge >= 0.3 is 6.18 Å². The van der Waals surface area contributed by atoms with E-state index >= 15 is 0 Å². The van der Waals surface area contributed by atoms with Crippen LogP contribution in [0.3, 0.4) is 0 Å². The molecular weight excluding hydrogens is 337 g/mol. The number of hydrogen-bond donors (Lipinski definition) is 1. The average molecular weight is 343 g/mol. The summed E-state index contributed by atoms with van der Waals surface area (Å²) in [6, 6.07) is 3.29. The molecule has 0 aliphatic carbocycles. The van der Waals surface area contributed by atoms with Gasteiger partial charge in [0.05, 0.1) is 15.6 Å². The van der Waals surface area contributed by atoms with Gasteiger partial charge < -0.3 is 5.11 Å². The number of aromatic hydroxyl groups is 1. The van der Waals surface area contributed by atoms with Gasteiger partial charge in [-0.3, -0.25) is 4.98 Å². The van der Waals surface area contributed by atoms with Crippen LogP contribution in [0.25, 0.3) is 11.3 Å². The van der Waals surface area contributed by atoms with Crippen LogP contribution in [0.4, 0.5) is 13.2 Å². The smallest absolute Gasteiger partial charge is 0.418 e. The Morgan fingerprint density at radius 2 is 1.70 bits per heavy atom. The minimum Gasteiger partial charge on any atom is -0.506 e. The van der Waals surface area contributed by atoms with E-state index in [0.717, 1.165) is 0 Å². The zero-order valence-electron chi connectivity index (χ0n) is 9.47. The van der Waals surface area contributed by atoms with Gasteiger partial charge in [0.15, 0.2) is 0 Å². The highest BCUT2D eigenvalue weighted by molar-refractivity contribution is 6.45. The molecule has 0 spiro atoms. The predicted molar refractivity (Wildman–Crippen MR) is 71.4 cm³/mol. The molecule has 2 nitrogen and oxygen atoms in total. The van der Waals surface area contributed by atoms with Crippen LogP contribution in [0.2, 0.25) is 15.1 Å². The minimum atomic E-state index is -4.60. The maximum atomic E-state index is 12.5. The van der Waals surface area contributed by atoms with Crippen molar-refractivity contribution in [1.82, 2.24) is 4.98 Å². The van der Waals surface area contributed by atoms with Crippen molar-refractivity contribution < 1.29 is 18.3 Å². The lowest BCUT2D eigenvalue weighted by Crippen LogP contribution is -2.05. The van der Waals surface area contributed by atoms with E-state index in [1.54, 1.807) is 0 Å². The fraction of sp³-hybridized carbons (Fsp3) is 0.0833. The Morgan fingerprint density at radius 3 is 2.25 bits per heavy atom. The van der Waals surface area contributed by atoms with Gasteiger partial charge in [0.1, 0.15) is 11.4 Å². The lowest BCUT2D eigenvalue weighted by molar-refractivity contribution is -0.137. The van der Waals surface area contributed by atoms with Gasteiger partial charge in [-0.25, -0.2) is 0 Å². The summed E-state index contributed by atoms with van der Waals surface area (Å²) in [5, 5.41) is 10.1. The van der Waals surface area contributed by atoms with Gasteiger partial charge in [-0.05, 0) is 18.2 Å². The molecule has 0 saturated heterocycles. The summed E-state index contributed by atoms with van der Waals surface area (Å²) in [5.74, 6) is -0.667. The fourth-order valence-corrected chi connectivity index (χ4v) is 2.24. The first-order chi connectivity index (χ1) is 9.20. The molecule has 20 heavy (non-hydrogen) atoms. The first-order valence-corrected chi connectivity index (χ1v) is 6.24. The number of nitrogens with zero attached hydrogens (tertiary/aromatic N) is 1. The molecule has 106 valence electrons. The number of aromatic nitrogens is 1. The highest BCUT2D eigenvalue weighted by Crippen LogP contribution is 2.40. The third-order valence-corrected chi connectivity index (χ3v) is 3.46. The summed E-state index contributed by atoms with van der Waals surface area (Å²) in [6.45, 7) is 0. The van der Waals surface area contributed by atoms with Crippen LogP contribution in [0.5, 0.6) is 5.75 Å². The summed E-state index contributed by atoms with van der Waals surface area (Å²) < 4.78 is 37.5. The molecule has 0 aliphatic rings. The summed E-state index contributed by atoms with van der Waals surface area (Å²) in [4.78, 5) is 3.59. The van der Waals surface area contributed by atoms with Crippen LogP contribution in [0.15, 0.2) is 24.4 Å². The van der Waals surface area contributed by atoms with Crippen LogP contribution >= 0.6 is 34.8 Å². The number of alkyl halides is 3. The van der Waals surface area contributed by atoms with Crippen molar-refractivity contribution in [3.8, 4) is 17.0 Å². The number of benzene rings is 1. The highest BCUT2D eigenvalue weighted by Gasteiger charge is 2.32. The minimum absolute atomic E-state index is 0.0404. The molecule has 8 heteroatoms. The van der Waals surface area contributed by atoms with Crippen LogP contribution < -0.4 is 0 Å². The molecule has 2 aromatic rings. The number of rotatable bonds is 1. The van der Waals surface area contributed by atoms with E-state index < -0.39 is 17.5 Å². The van der Waals surface area contributed by atoms with Crippen molar-refractivity contribution in [2.75, 3.05) is 0 Å². The lowest BCUT2D eigenvalue weighted by Gasteiger charge is -2.11. The van der Waals surface area contributed by atoms with Gasteiger partial charge in [-0.1, -0.05) is 34.8 Å². The van der Waals surface area contributed by atoms with E-state index in [0.29, 0.717) is 12.3 Å². The van der Waals surface area contributed by atoms with Crippen LogP contribution in [-0.4, -0.2) is 10.1 Å². The van der Waals surface area contributed by atoms with Crippen molar-refractivity contribution in [1.29, 1.82) is 0 Å². The second-order valence-corrected chi connectivity index (χ2v) is 5.06. The van der Waals surface area contributed by atoms with Gasteiger partial charge in [0.2, 0.25) is 0 Å². The third-order valence-electron chi connectivity index (χ3n) is 2.44. The zero-order chi connectivity index (χ0) is 15.1. The van der Waals surface area contributed by atoms with Gasteiger partial charge in [0.25, 0.3) is 0 Å². The molecule has 1 N–H and O–H groups in total. The van der Waals surface area contributed by atoms with E-state index in [2.05, 4.69) is 4.98 Å². The van der Waals surface area contributed by atoms with Crippen molar-refractivity contribution in [3.05, 3.63) is 45.0 Å². The second kappa shape index (κ2) is 5.31. The van der Waals surface area contributed by atoms with Crippen molar-refractivity contribution in [3.63, 3.8) is 0 Å². The molecule has 0 aliphatic heterocycles. The first kappa shape index (κ1) is 15.2. The van der Waals surface area contributed by atoms with Gasteiger partial charge in [-0.15, -0.1) is 0 Å². The maximum Gasteiger partial charge on any atom is 0.418 e. The first-order valence-electron chi connectivity index (χ1n) is 5.11. The lowest BCUT2D eigenvalue weighted by atomic mass is 10.1. The largest absolute Gasteiger partial charge is 0.506 e. The predicted octanol–water partition coefficient (Wildman–Crippen LogP) is 5.43. The Balaban J connectivity index is 2.60. The molecule has 1 heterocycles. The monoisotopic (exact) mass is 341 g/mol. The van der Waals surface area contributed by atoms with E-state index in [1.807, 2.05) is 0 Å². The Kier molecular flexibility index (Phi) is 4.04. The molecule has 2 rings (SSSR count). The topological polar surface area (TPSA) is 33.1 Å². The number of pyridine rings is 1. The molecule has 0 unspecified atom stereocenters. The molecule has 1 aromatic carbocycles. The molecule has 0 amide bonds. The number of halogens is 6. The van der Waals surface area contributed by atoms with Crippen molar-refractivity contribution >= 4 is 34.8 Å². The number of hydrogen-bond acceptors (Lipinski definition) is 2. The van der Waals surface area contributed by atoms with Gasteiger partial charge in [-0.2, -0.15) is 13.2 Å². The Bertz CT molecular complexity index is 674. The van der Waals surface area contributed by atoms with Crippen LogP contribution in [0.1, 0.15) is 5.56 Å². The average Bonchev–Trinajstić information content (AvgIpc) is 2.33.